The predicted octanol–water partition coefficient (Wildman–Crippen LogP) is 2.66. The van der Waals surface area contributed by atoms with Gasteiger partial charge in [-0.3, -0.25) is 4.79 Å². The Morgan fingerprint density at radius 3 is 2.96 bits per heavy atom. The van der Waals surface area contributed by atoms with Crippen LogP contribution in [0.3, 0.4) is 0 Å². The summed E-state index contributed by atoms with van der Waals surface area (Å²) >= 11 is 1.29. The Morgan fingerprint density at radius 2 is 2.21 bits per heavy atom. The number of carbonyl (C=O) groups is 1. The molecule has 0 radical (unpaired) electrons. The minimum atomic E-state index is -0.0977. The lowest BCUT2D eigenvalue weighted by Gasteiger charge is -2.08. The third-order valence-electron chi connectivity index (χ3n) is 3.37. The fourth-order valence-corrected chi connectivity index (χ4v) is 2.90. The monoisotopic (exact) mass is 343 g/mol. The molecule has 124 valence electrons. The maximum absolute atomic E-state index is 12.1. The molecule has 8 heteroatoms. The van der Waals surface area contributed by atoms with Gasteiger partial charge in [-0.1, -0.05) is 29.5 Å². The van der Waals surface area contributed by atoms with E-state index < -0.39 is 0 Å². The molecule has 0 unspecified atom stereocenters. The van der Waals surface area contributed by atoms with Crippen LogP contribution in [0.15, 0.2) is 46.2 Å². The number of thioether (sulfide) groups is 1. The van der Waals surface area contributed by atoms with Crippen molar-refractivity contribution in [1.82, 2.24) is 20.2 Å². The highest BCUT2D eigenvalue weighted by atomic mass is 32.2. The van der Waals surface area contributed by atoms with Crippen LogP contribution < -0.4 is 5.32 Å². The number of amides is 1. The number of tetrazole rings is 1. The zero-order valence-corrected chi connectivity index (χ0v) is 14.2. The highest BCUT2D eigenvalue weighted by molar-refractivity contribution is 7.99. The van der Waals surface area contributed by atoms with E-state index in [1.807, 2.05) is 44.2 Å². The molecule has 0 spiro atoms. The van der Waals surface area contributed by atoms with Crippen LogP contribution in [0.25, 0.3) is 0 Å². The smallest absolute Gasteiger partial charge is 0.234 e. The van der Waals surface area contributed by atoms with Crippen LogP contribution in [0, 0.1) is 13.8 Å². The van der Waals surface area contributed by atoms with E-state index in [1.165, 1.54) is 11.8 Å². The highest BCUT2D eigenvalue weighted by Crippen LogP contribution is 2.18. The second-order valence-electron chi connectivity index (χ2n) is 5.35. The summed E-state index contributed by atoms with van der Waals surface area (Å²) in [5, 5.41) is 15.0. The molecule has 0 aliphatic heterocycles. The van der Waals surface area contributed by atoms with Crippen molar-refractivity contribution < 1.29 is 9.21 Å². The van der Waals surface area contributed by atoms with Crippen molar-refractivity contribution in [1.29, 1.82) is 0 Å². The second kappa shape index (κ2) is 7.31. The molecule has 7 nitrogen and oxygen atoms in total. The van der Waals surface area contributed by atoms with Gasteiger partial charge < -0.3 is 9.73 Å². The van der Waals surface area contributed by atoms with Gasteiger partial charge in [-0.25, -0.2) is 4.68 Å². The predicted molar refractivity (Wildman–Crippen MR) is 90.9 cm³/mol. The van der Waals surface area contributed by atoms with E-state index in [0.717, 1.165) is 22.6 Å². The van der Waals surface area contributed by atoms with Gasteiger partial charge in [0, 0.05) is 5.69 Å². The van der Waals surface area contributed by atoms with E-state index in [2.05, 4.69) is 20.8 Å². The number of hydrogen-bond acceptors (Lipinski definition) is 6. The third kappa shape index (κ3) is 4.02. The summed E-state index contributed by atoms with van der Waals surface area (Å²) in [4.78, 5) is 12.1. The fraction of sp³-hybridized carbons (Fsp3) is 0.250. The summed E-state index contributed by atoms with van der Waals surface area (Å²) in [5.41, 5.74) is 3.02. The van der Waals surface area contributed by atoms with Crippen molar-refractivity contribution in [3.63, 3.8) is 0 Å². The number of benzene rings is 1. The number of hydrogen-bond donors (Lipinski definition) is 1. The average Bonchev–Trinajstić information content (AvgIpc) is 3.20. The Hall–Kier alpha value is -2.61. The lowest BCUT2D eigenvalue weighted by Crippen LogP contribution is -2.15. The summed E-state index contributed by atoms with van der Waals surface area (Å²) in [6.07, 6.45) is 1.60. The lowest BCUT2D eigenvalue weighted by atomic mass is 10.1. The minimum absolute atomic E-state index is 0.0977. The fourth-order valence-electron chi connectivity index (χ4n) is 2.22. The molecule has 0 aliphatic rings. The third-order valence-corrected chi connectivity index (χ3v) is 4.33. The van der Waals surface area contributed by atoms with Crippen LogP contribution in [0.1, 0.15) is 16.9 Å². The van der Waals surface area contributed by atoms with Gasteiger partial charge in [-0.05, 0) is 48.0 Å². The maximum atomic E-state index is 12.1. The molecule has 3 rings (SSSR count). The molecule has 0 saturated carbocycles. The van der Waals surface area contributed by atoms with Crippen molar-refractivity contribution >= 4 is 23.4 Å². The molecular weight excluding hydrogens is 326 g/mol. The van der Waals surface area contributed by atoms with Gasteiger partial charge in [0.05, 0.1) is 12.0 Å². The number of nitrogens with zero attached hydrogens (tertiary/aromatic N) is 4. The van der Waals surface area contributed by atoms with Crippen molar-refractivity contribution in [2.24, 2.45) is 0 Å². The number of furan rings is 1. The first-order valence-electron chi connectivity index (χ1n) is 7.40. The van der Waals surface area contributed by atoms with Gasteiger partial charge in [0.2, 0.25) is 11.1 Å². The van der Waals surface area contributed by atoms with E-state index in [-0.39, 0.29) is 11.7 Å². The molecule has 1 amide bonds. The Labute approximate surface area is 143 Å². The molecule has 2 aromatic heterocycles. The van der Waals surface area contributed by atoms with E-state index in [9.17, 15) is 4.79 Å². The first-order valence-corrected chi connectivity index (χ1v) is 8.39. The normalized spacial score (nSPS) is 10.8. The molecule has 24 heavy (non-hydrogen) atoms. The molecule has 3 aromatic rings. The van der Waals surface area contributed by atoms with E-state index in [4.69, 9.17) is 4.42 Å². The molecule has 1 N–H and O–H groups in total. The van der Waals surface area contributed by atoms with Gasteiger partial charge in [0.15, 0.2) is 0 Å². The highest BCUT2D eigenvalue weighted by Gasteiger charge is 2.12. The van der Waals surface area contributed by atoms with Crippen LogP contribution in [-0.4, -0.2) is 31.9 Å². The van der Waals surface area contributed by atoms with E-state index in [0.29, 0.717) is 11.7 Å². The number of carbonyl (C=O) groups excluding carboxylic acids is 1. The van der Waals surface area contributed by atoms with E-state index >= 15 is 0 Å². The number of rotatable bonds is 6. The van der Waals surface area contributed by atoms with Gasteiger partial charge in [0.25, 0.3) is 0 Å². The summed E-state index contributed by atoms with van der Waals surface area (Å²) in [7, 11) is 0. The standard InChI is InChI=1S/C16H17N5O2S/c1-11-5-6-14(12(2)8-11)17-15(22)10-24-16-18-19-20-21(16)9-13-4-3-7-23-13/h3-8H,9-10H2,1-2H3,(H,17,22). The number of anilines is 1. The summed E-state index contributed by atoms with van der Waals surface area (Å²) in [6, 6.07) is 9.58. The zero-order chi connectivity index (χ0) is 16.9. The topological polar surface area (TPSA) is 85.8 Å². The SMILES string of the molecule is Cc1ccc(NC(=O)CSc2nnnn2Cc2ccco2)c(C)c1. The summed E-state index contributed by atoms with van der Waals surface area (Å²) in [5.74, 6) is 0.884. The van der Waals surface area contributed by atoms with Crippen LogP contribution >= 0.6 is 11.8 Å². The van der Waals surface area contributed by atoms with E-state index in [1.54, 1.807) is 10.9 Å². The number of nitrogens with one attached hydrogen (secondary N) is 1. The van der Waals surface area contributed by atoms with Crippen molar-refractivity contribution in [2.45, 2.75) is 25.5 Å². The van der Waals surface area contributed by atoms with Gasteiger partial charge in [-0.2, -0.15) is 0 Å². The Kier molecular flexibility index (Phi) is 4.95. The largest absolute Gasteiger partial charge is 0.467 e. The molecule has 2 heterocycles. The minimum Gasteiger partial charge on any atom is -0.467 e. The molecule has 0 fully saturated rings. The molecule has 0 atom stereocenters. The van der Waals surface area contributed by atoms with Crippen LogP contribution in [-0.2, 0) is 11.3 Å². The zero-order valence-electron chi connectivity index (χ0n) is 13.4. The molecule has 0 aliphatic carbocycles. The Bertz CT molecular complexity index is 829. The Balaban J connectivity index is 1.58. The van der Waals surface area contributed by atoms with Gasteiger partial charge in [-0.15, -0.1) is 5.10 Å². The van der Waals surface area contributed by atoms with Gasteiger partial charge in [0.1, 0.15) is 12.3 Å². The molecule has 1 aromatic carbocycles. The Morgan fingerprint density at radius 1 is 1.33 bits per heavy atom. The molecular formula is C16H17N5O2S. The quantitative estimate of drug-likeness (QED) is 0.693. The average molecular weight is 343 g/mol. The van der Waals surface area contributed by atoms with Crippen molar-refractivity contribution in [2.75, 3.05) is 11.1 Å². The van der Waals surface area contributed by atoms with Crippen LogP contribution in [0.2, 0.25) is 0 Å². The van der Waals surface area contributed by atoms with Crippen molar-refractivity contribution in [3.8, 4) is 0 Å². The summed E-state index contributed by atoms with van der Waals surface area (Å²) in [6.45, 7) is 4.42. The molecule has 0 saturated heterocycles. The molecule has 0 bridgehead atoms. The van der Waals surface area contributed by atoms with Crippen LogP contribution in [0.4, 0.5) is 5.69 Å². The summed E-state index contributed by atoms with van der Waals surface area (Å²) < 4.78 is 6.89. The first kappa shape index (κ1) is 16.3. The number of aryl methyl sites for hydroxylation is 2. The lowest BCUT2D eigenvalue weighted by molar-refractivity contribution is -0.113. The van der Waals surface area contributed by atoms with Gasteiger partial charge >= 0.3 is 0 Å². The number of aromatic nitrogens is 4. The van der Waals surface area contributed by atoms with Crippen molar-refractivity contribution in [3.05, 3.63) is 53.5 Å². The van der Waals surface area contributed by atoms with Crippen LogP contribution in [0.5, 0.6) is 0 Å². The first-order chi connectivity index (χ1) is 11.6. The maximum Gasteiger partial charge on any atom is 0.234 e. The second-order valence-corrected chi connectivity index (χ2v) is 6.30.